The molecule has 0 fully saturated rings. The van der Waals surface area contributed by atoms with Crippen LogP contribution in [0.15, 0.2) is 48.5 Å². The number of benzene rings is 2. The van der Waals surface area contributed by atoms with Crippen molar-refractivity contribution in [3.8, 4) is 11.1 Å². The summed E-state index contributed by atoms with van der Waals surface area (Å²) in [5, 5.41) is 11.5. The molecule has 7 heteroatoms. The van der Waals surface area contributed by atoms with Gasteiger partial charge in [-0.3, -0.25) is 9.59 Å². The highest BCUT2D eigenvalue weighted by Gasteiger charge is 2.30. The molecular weight excluding hydrogens is 396 g/mol. The number of rotatable bonds is 9. The van der Waals surface area contributed by atoms with Crippen LogP contribution in [0.2, 0.25) is 0 Å². The Labute approximate surface area is 182 Å². The van der Waals surface area contributed by atoms with Gasteiger partial charge in [-0.05, 0) is 35.6 Å². The Bertz CT molecular complexity index is 913. The number of carbonyl (C=O) groups is 3. The minimum Gasteiger partial charge on any atom is -0.481 e. The van der Waals surface area contributed by atoms with Crippen molar-refractivity contribution in [1.82, 2.24) is 10.2 Å². The fraction of sp³-hybridized carbons (Fsp3) is 0.375. The predicted octanol–water partition coefficient (Wildman–Crippen LogP) is 3.63. The molecule has 1 aliphatic carbocycles. The lowest BCUT2D eigenvalue weighted by molar-refractivity contribution is -0.139. The number of carboxylic acid groups (broad SMARTS) is 1. The summed E-state index contributed by atoms with van der Waals surface area (Å²) in [5.41, 5.74) is 4.52. The smallest absolute Gasteiger partial charge is 0.407 e. The summed E-state index contributed by atoms with van der Waals surface area (Å²) in [6.07, 6.45) is -0.413. The second-order valence-electron chi connectivity index (χ2n) is 7.49. The number of hydrogen-bond acceptors (Lipinski definition) is 4. The first-order valence-corrected chi connectivity index (χ1v) is 10.6. The van der Waals surface area contributed by atoms with Crippen molar-refractivity contribution >= 4 is 18.0 Å². The van der Waals surface area contributed by atoms with E-state index >= 15 is 0 Å². The Balaban J connectivity index is 1.63. The quantitative estimate of drug-likeness (QED) is 0.641. The van der Waals surface area contributed by atoms with Gasteiger partial charge in [-0.1, -0.05) is 55.5 Å². The van der Waals surface area contributed by atoms with Crippen molar-refractivity contribution in [2.45, 2.75) is 38.6 Å². The Morgan fingerprint density at radius 1 is 1.03 bits per heavy atom. The minimum atomic E-state index is -0.969. The van der Waals surface area contributed by atoms with Gasteiger partial charge in [0, 0.05) is 19.0 Å². The fourth-order valence-electron chi connectivity index (χ4n) is 4.00. The lowest BCUT2D eigenvalue weighted by Crippen LogP contribution is -2.49. The Morgan fingerprint density at radius 2 is 1.61 bits per heavy atom. The van der Waals surface area contributed by atoms with E-state index in [-0.39, 0.29) is 31.4 Å². The average Bonchev–Trinajstić information content (AvgIpc) is 3.10. The van der Waals surface area contributed by atoms with Gasteiger partial charge >= 0.3 is 12.1 Å². The van der Waals surface area contributed by atoms with Gasteiger partial charge in [0.15, 0.2) is 0 Å². The number of amides is 2. The summed E-state index contributed by atoms with van der Waals surface area (Å²) in [6.45, 7) is 4.21. The first kappa shape index (κ1) is 22.3. The van der Waals surface area contributed by atoms with Crippen LogP contribution in [0.5, 0.6) is 0 Å². The molecule has 0 saturated heterocycles. The number of fused-ring (bicyclic) bond motifs is 3. The number of carbonyl (C=O) groups excluding carboxylic acids is 2. The van der Waals surface area contributed by atoms with E-state index in [1.165, 1.54) is 4.90 Å². The number of carboxylic acids is 1. The number of aliphatic carboxylic acids is 1. The van der Waals surface area contributed by atoms with E-state index in [1.807, 2.05) is 36.4 Å². The second-order valence-corrected chi connectivity index (χ2v) is 7.49. The van der Waals surface area contributed by atoms with Crippen molar-refractivity contribution in [3.63, 3.8) is 0 Å². The van der Waals surface area contributed by atoms with Gasteiger partial charge in [-0.15, -0.1) is 0 Å². The molecule has 31 heavy (non-hydrogen) atoms. The summed E-state index contributed by atoms with van der Waals surface area (Å²) in [5.74, 6) is -1.33. The molecule has 2 amide bonds. The second kappa shape index (κ2) is 10.1. The van der Waals surface area contributed by atoms with Gasteiger partial charge in [0.1, 0.15) is 12.6 Å². The first-order valence-electron chi connectivity index (χ1n) is 10.6. The van der Waals surface area contributed by atoms with Crippen LogP contribution in [0.25, 0.3) is 11.1 Å². The van der Waals surface area contributed by atoms with Crippen molar-refractivity contribution in [1.29, 1.82) is 0 Å². The highest BCUT2D eigenvalue weighted by Crippen LogP contribution is 2.44. The van der Waals surface area contributed by atoms with Crippen molar-refractivity contribution < 1.29 is 24.2 Å². The zero-order valence-electron chi connectivity index (χ0n) is 17.8. The molecule has 1 atom stereocenters. The molecule has 164 valence electrons. The number of alkyl carbamates (subject to hydrolysis) is 1. The van der Waals surface area contributed by atoms with Gasteiger partial charge in [0.2, 0.25) is 5.91 Å². The topological polar surface area (TPSA) is 95.9 Å². The SMILES string of the molecule is CCC(NC(=O)OCC1c2ccccc2-c2ccccc21)C(=O)N(CC)CCC(=O)O. The zero-order valence-corrected chi connectivity index (χ0v) is 17.8. The summed E-state index contributed by atoms with van der Waals surface area (Å²) >= 11 is 0. The molecule has 0 heterocycles. The Kier molecular flexibility index (Phi) is 7.28. The summed E-state index contributed by atoms with van der Waals surface area (Å²) in [7, 11) is 0. The number of hydrogen-bond donors (Lipinski definition) is 2. The fourth-order valence-corrected chi connectivity index (χ4v) is 4.00. The molecule has 0 aromatic heterocycles. The molecule has 1 unspecified atom stereocenters. The van der Waals surface area contributed by atoms with E-state index in [1.54, 1.807) is 13.8 Å². The number of ether oxygens (including phenoxy) is 1. The van der Waals surface area contributed by atoms with Crippen molar-refractivity contribution in [2.24, 2.45) is 0 Å². The molecule has 0 spiro atoms. The van der Waals surface area contributed by atoms with Crippen molar-refractivity contribution in [3.05, 3.63) is 59.7 Å². The van der Waals surface area contributed by atoms with Crippen LogP contribution in [-0.4, -0.2) is 53.7 Å². The molecule has 0 aliphatic heterocycles. The molecule has 0 saturated carbocycles. The largest absolute Gasteiger partial charge is 0.481 e. The number of nitrogens with zero attached hydrogens (tertiary/aromatic N) is 1. The van der Waals surface area contributed by atoms with Gasteiger partial charge in [-0.25, -0.2) is 4.79 Å². The standard InChI is InChI=1S/C24H28N2O5/c1-3-21(23(29)26(4-2)14-13-22(27)28)25-24(30)31-15-20-18-11-7-5-9-16(18)17-10-6-8-12-19(17)20/h5-12,20-21H,3-4,13-15H2,1-2H3,(H,25,30)(H,27,28). The highest BCUT2D eigenvalue weighted by atomic mass is 16.5. The van der Waals surface area contributed by atoms with Gasteiger partial charge < -0.3 is 20.1 Å². The zero-order chi connectivity index (χ0) is 22.4. The maximum absolute atomic E-state index is 12.7. The molecule has 0 radical (unpaired) electrons. The lowest BCUT2D eigenvalue weighted by atomic mass is 9.98. The third-order valence-corrected chi connectivity index (χ3v) is 5.63. The maximum atomic E-state index is 12.7. The van der Waals surface area contributed by atoms with E-state index in [0.717, 1.165) is 22.3 Å². The van der Waals surface area contributed by atoms with Gasteiger partial charge in [0.25, 0.3) is 0 Å². The molecule has 1 aliphatic rings. The molecule has 7 nitrogen and oxygen atoms in total. The Hall–Kier alpha value is -3.35. The van der Waals surface area contributed by atoms with E-state index in [2.05, 4.69) is 17.4 Å². The van der Waals surface area contributed by atoms with Crippen LogP contribution in [0.4, 0.5) is 4.79 Å². The van der Waals surface area contributed by atoms with Crippen LogP contribution in [-0.2, 0) is 14.3 Å². The monoisotopic (exact) mass is 424 g/mol. The van der Waals surface area contributed by atoms with E-state index in [0.29, 0.717) is 13.0 Å². The van der Waals surface area contributed by atoms with Crippen LogP contribution < -0.4 is 5.32 Å². The third kappa shape index (κ3) is 5.05. The lowest BCUT2D eigenvalue weighted by Gasteiger charge is -2.26. The maximum Gasteiger partial charge on any atom is 0.407 e. The first-order chi connectivity index (χ1) is 15.0. The third-order valence-electron chi connectivity index (χ3n) is 5.63. The van der Waals surface area contributed by atoms with Crippen molar-refractivity contribution in [2.75, 3.05) is 19.7 Å². The Morgan fingerprint density at radius 3 is 2.13 bits per heavy atom. The van der Waals surface area contributed by atoms with Crippen LogP contribution in [0, 0.1) is 0 Å². The van der Waals surface area contributed by atoms with Crippen LogP contribution in [0.3, 0.4) is 0 Å². The minimum absolute atomic E-state index is 0.0587. The molecule has 2 N–H and O–H groups in total. The summed E-state index contributed by atoms with van der Waals surface area (Å²) in [4.78, 5) is 37.4. The molecule has 3 rings (SSSR count). The molecule has 0 bridgehead atoms. The van der Waals surface area contributed by atoms with Gasteiger partial charge in [0.05, 0.1) is 6.42 Å². The van der Waals surface area contributed by atoms with Crippen LogP contribution in [0.1, 0.15) is 43.7 Å². The number of likely N-dealkylation sites (N-methyl/N-ethyl adjacent to an activating group) is 1. The number of nitrogens with one attached hydrogen (secondary N) is 1. The van der Waals surface area contributed by atoms with E-state index in [9.17, 15) is 14.4 Å². The summed E-state index contributed by atoms with van der Waals surface area (Å²) in [6, 6.07) is 15.4. The van der Waals surface area contributed by atoms with Gasteiger partial charge in [-0.2, -0.15) is 0 Å². The van der Waals surface area contributed by atoms with E-state index in [4.69, 9.17) is 9.84 Å². The average molecular weight is 424 g/mol. The normalized spacial score (nSPS) is 13.1. The van der Waals surface area contributed by atoms with E-state index < -0.39 is 18.1 Å². The molecule has 2 aromatic carbocycles. The van der Waals surface area contributed by atoms with Crippen LogP contribution >= 0.6 is 0 Å². The predicted molar refractivity (Wildman–Crippen MR) is 117 cm³/mol. The highest BCUT2D eigenvalue weighted by molar-refractivity contribution is 5.86. The molecule has 2 aromatic rings. The molecular formula is C24H28N2O5. The summed E-state index contributed by atoms with van der Waals surface area (Å²) < 4.78 is 5.52.